The van der Waals surface area contributed by atoms with Gasteiger partial charge in [-0.15, -0.1) is 5.10 Å². The van der Waals surface area contributed by atoms with Crippen LogP contribution in [0.15, 0.2) is 144 Å². The van der Waals surface area contributed by atoms with Crippen molar-refractivity contribution in [2.45, 2.75) is 45.3 Å². The predicted octanol–water partition coefficient (Wildman–Crippen LogP) is 9.33. The number of fused-ring (bicyclic) bond motifs is 1. The number of hydrogen-bond acceptors (Lipinski definition) is 11. The Morgan fingerprint density at radius 3 is 2.08 bits per heavy atom. The van der Waals surface area contributed by atoms with Crippen molar-refractivity contribution in [2.75, 3.05) is 13.4 Å². The molecule has 304 valence electrons. The molecule has 61 heavy (non-hydrogen) atoms. The molecule has 0 aliphatic carbocycles. The van der Waals surface area contributed by atoms with Crippen LogP contribution in [0.3, 0.4) is 0 Å². The summed E-state index contributed by atoms with van der Waals surface area (Å²) in [5.74, 6) is 6.63. The first-order chi connectivity index (χ1) is 29.9. The molecule has 0 amide bonds. The molecule has 7 rings (SSSR count). The van der Waals surface area contributed by atoms with Crippen molar-refractivity contribution >= 4 is 46.6 Å². The largest absolute Gasteiger partial charge is 0.459 e. The van der Waals surface area contributed by atoms with Gasteiger partial charge in [0.05, 0.1) is 29.6 Å². The zero-order valence-corrected chi connectivity index (χ0v) is 33.7. The molecule has 1 atom stereocenters. The number of rotatable bonds is 15. The number of carbonyl (C=O) groups is 2. The molecule has 6 aromatic rings. The quantitative estimate of drug-likeness (QED) is 0.0188. The van der Waals surface area contributed by atoms with Gasteiger partial charge in [0.2, 0.25) is 6.79 Å². The van der Waals surface area contributed by atoms with E-state index in [0.717, 1.165) is 68.9 Å². The van der Waals surface area contributed by atoms with Gasteiger partial charge in [0.1, 0.15) is 12.4 Å². The molecular formula is C50H43N5O6. The minimum atomic E-state index is -0.529. The lowest BCUT2D eigenvalue weighted by Crippen LogP contribution is -2.11. The van der Waals surface area contributed by atoms with Crippen molar-refractivity contribution in [3.05, 3.63) is 173 Å². The first-order valence-electron chi connectivity index (χ1n) is 19.7. The molecule has 11 heteroatoms. The molecule has 1 aromatic heterocycles. The Morgan fingerprint density at radius 2 is 1.44 bits per heavy atom. The van der Waals surface area contributed by atoms with E-state index in [9.17, 15) is 9.59 Å². The van der Waals surface area contributed by atoms with E-state index in [4.69, 9.17) is 24.2 Å². The number of aromatic nitrogens is 2. The normalized spacial score (nSPS) is 12.7. The van der Waals surface area contributed by atoms with E-state index in [1.807, 2.05) is 103 Å². The fraction of sp³-hybridized carbons (Fsp3) is 0.180. The smallest absolute Gasteiger partial charge is 0.338 e. The van der Waals surface area contributed by atoms with Crippen LogP contribution < -0.4 is 4.74 Å². The number of unbranched alkanes of at least 4 members (excludes halogenated alkanes) is 2. The first-order valence-corrected chi connectivity index (χ1v) is 19.7. The van der Waals surface area contributed by atoms with Gasteiger partial charge in [-0.05, 0) is 113 Å². The molecule has 2 heterocycles. The van der Waals surface area contributed by atoms with Crippen molar-refractivity contribution in [3.8, 4) is 23.7 Å². The maximum Gasteiger partial charge on any atom is 0.338 e. The van der Waals surface area contributed by atoms with E-state index in [2.05, 4.69) is 51.6 Å². The Labute approximate surface area is 355 Å². The van der Waals surface area contributed by atoms with Crippen molar-refractivity contribution in [1.29, 1.82) is 5.26 Å². The monoisotopic (exact) mass is 809 g/mol. The molecule has 1 aliphatic heterocycles. The molecule has 11 nitrogen and oxygen atoms in total. The van der Waals surface area contributed by atoms with Gasteiger partial charge in [-0.3, -0.25) is 4.99 Å². The molecule has 1 fully saturated rings. The topological polar surface area (TPSA) is 149 Å². The highest BCUT2D eigenvalue weighted by Gasteiger charge is 2.32. The second-order valence-electron chi connectivity index (χ2n) is 13.7. The zero-order chi connectivity index (χ0) is 42.7. The number of esters is 2. The molecular weight excluding hydrogens is 767 g/mol. The standard InChI is InChI=1S/C27H28N4O3.C23H15NO3/c1-3-5-6-7-24-14-17-26(31-30-24)29-19-22-10-8-21(9-11-22)18-28-23-12-15-25(16-13-23)33-20-34-27(32)4-2;24-13-19-8-10-20-11-17(7-9-21(20)12-19)4-1-16-2-5-18(6-3-16)14-27-23(25)22-15-26-22/h4,8-19H,2-3,5-7,20H2,1H3;2-3,5-12,22H,14-15H2. The number of carbonyl (C=O) groups excluding carboxylic acids is 2. The van der Waals surface area contributed by atoms with Crippen molar-refractivity contribution < 1.29 is 28.5 Å². The number of ether oxygens (including phenoxy) is 4. The van der Waals surface area contributed by atoms with Crippen LogP contribution in [-0.4, -0.2) is 54.1 Å². The Balaban J connectivity index is 0.000000209. The fourth-order valence-corrected chi connectivity index (χ4v) is 5.57. The van der Waals surface area contributed by atoms with Crippen molar-refractivity contribution in [3.63, 3.8) is 0 Å². The molecule has 1 unspecified atom stereocenters. The number of nitriles is 1. The number of benzene rings is 5. The van der Waals surface area contributed by atoms with E-state index in [1.165, 1.54) is 12.8 Å². The number of nitrogens with zero attached hydrogens (tertiary/aromatic N) is 5. The lowest BCUT2D eigenvalue weighted by Gasteiger charge is -2.05. The maximum atomic E-state index is 11.4. The molecule has 5 aromatic carbocycles. The molecule has 0 N–H and O–H groups in total. The third-order valence-corrected chi connectivity index (χ3v) is 9.07. The van der Waals surface area contributed by atoms with Crippen LogP contribution in [0.5, 0.6) is 5.75 Å². The summed E-state index contributed by atoms with van der Waals surface area (Å²) in [5, 5.41) is 19.5. The Morgan fingerprint density at radius 1 is 0.787 bits per heavy atom. The van der Waals surface area contributed by atoms with E-state index in [-0.39, 0.29) is 25.5 Å². The molecule has 0 radical (unpaired) electrons. The summed E-state index contributed by atoms with van der Waals surface area (Å²) in [6.45, 7) is 6.04. The van der Waals surface area contributed by atoms with Gasteiger partial charge in [-0.2, -0.15) is 10.4 Å². The van der Waals surface area contributed by atoms with E-state index in [0.29, 0.717) is 23.7 Å². The van der Waals surface area contributed by atoms with E-state index >= 15 is 0 Å². The van der Waals surface area contributed by atoms with E-state index < -0.39 is 5.97 Å². The summed E-state index contributed by atoms with van der Waals surface area (Å²) in [6, 6.07) is 40.2. The predicted molar refractivity (Wildman–Crippen MR) is 235 cm³/mol. The second kappa shape index (κ2) is 22.4. The third-order valence-electron chi connectivity index (χ3n) is 9.07. The molecule has 0 saturated carbocycles. The lowest BCUT2D eigenvalue weighted by atomic mass is 10.0. The van der Waals surface area contributed by atoms with Gasteiger partial charge in [-0.1, -0.05) is 86.7 Å². The maximum absolute atomic E-state index is 11.4. The highest BCUT2D eigenvalue weighted by molar-refractivity contribution is 5.86. The molecule has 0 bridgehead atoms. The van der Waals surface area contributed by atoms with Crippen LogP contribution in [0.25, 0.3) is 10.8 Å². The highest BCUT2D eigenvalue weighted by Crippen LogP contribution is 2.20. The highest BCUT2D eigenvalue weighted by atomic mass is 16.7. The number of aliphatic imine (C=N–C) groups is 2. The molecule has 1 aliphatic rings. The van der Waals surface area contributed by atoms with Crippen molar-refractivity contribution in [2.24, 2.45) is 9.98 Å². The van der Waals surface area contributed by atoms with Crippen LogP contribution in [0.4, 0.5) is 11.5 Å². The van der Waals surface area contributed by atoms with Crippen LogP contribution in [0.2, 0.25) is 0 Å². The van der Waals surface area contributed by atoms with Crippen LogP contribution in [0.1, 0.15) is 65.3 Å². The SMILES string of the molecule is C=CC(=O)OCOc1ccc(N=Cc2ccc(C=Nc3ccc(CCCCC)nn3)cc2)cc1.N#Cc1ccc2cc(C#Cc3ccc(COC(=O)C4CO4)cc3)ccc2c1. The lowest BCUT2D eigenvalue weighted by molar-refractivity contribution is -0.146. The molecule has 0 spiro atoms. The fourth-order valence-electron chi connectivity index (χ4n) is 5.57. The summed E-state index contributed by atoms with van der Waals surface area (Å²) in [5.41, 5.74) is 7.06. The van der Waals surface area contributed by atoms with Gasteiger partial charge in [0.15, 0.2) is 11.9 Å². The van der Waals surface area contributed by atoms with Gasteiger partial charge in [0.25, 0.3) is 0 Å². The number of epoxide rings is 1. The Hall–Kier alpha value is -7.73. The first kappa shape index (κ1) is 42.9. The number of hydrogen-bond donors (Lipinski definition) is 0. The second-order valence-corrected chi connectivity index (χ2v) is 13.7. The zero-order valence-electron chi connectivity index (χ0n) is 33.7. The summed E-state index contributed by atoms with van der Waals surface area (Å²) in [7, 11) is 0. The average molecular weight is 810 g/mol. The van der Waals surface area contributed by atoms with Gasteiger partial charge in [-0.25, -0.2) is 14.6 Å². The van der Waals surface area contributed by atoms with Crippen LogP contribution in [-0.2, 0) is 36.8 Å². The van der Waals surface area contributed by atoms with Gasteiger partial charge in [0, 0.05) is 29.6 Å². The summed E-state index contributed by atoms with van der Waals surface area (Å²) >= 11 is 0. The summed E-state index contributed by atoms with van der Waals surface area (Å²) in [4.78, 5) is 31.3. The minimum Gasteiger partial charge on any atom is -0.459 e. The number of aryl methyl sites for hydroxylation is 1. The Kier molecular flexibility index (Phi) is 15.8. The van der Waals surface area contributed by atoms with Crippen LogP contribution in [0, 0.1) is 23.2 Å². The van der Waals surface area contributed by atoms with E-state index in [1.54, 1.807) is 30.6 Å². The molecule has 1 saturated heterocycles. The summed E-state index contributed by atoms with van der Waals surface area (Å²) in [6.07, 6.45) is 8.77. The third kappa shape index (κ3) is 14.3. The van der Waals surface area contributed by atoms with Gasteiger partial charge >= 0.3 is 11.9 Å². The minimum absolute atomic E-state index is 0.167. The average Bonchev–Trinajstić information content (AvgIpc) is 4.17. The summed E-state index contributed by atoms with van der Waals surface area (Å²) < 4.78 is 20.1. The van der Waals surface area contributed by atoms with Gasteiger partial charge < -0.3 is 18.9 Å². The Bertz CT molecular complexity index is 2580. The van der Waals surface area contributed by atoms with Crippen LogP contribution >= 0.6 is 0 Å². The van der Waals surface area contributed by atoms with Crippen molar-refractivity contribution in [1.82, 2.24) is 10.2 Å².